The van der Waals surface area contributed by atoms with Crippen LogP contribution in [0.5, 0.6) is 0 Å². The van der Waals surface area contributed by atoms with E-state index in [1.807, 2.05) is 6.92 Å². The van der Waals surface area contributed by atoms with Gasteiger partial charge in [-0.3, -0.25) is 4.79 Å². The highest BCUT2D eigenvalue weighted by Gasteiger charge is 2.73. The summed E-state index contributed by atoms with van der Waals surface area (Å²) in [7, 11) is 0. The molecule has 2 aliphatic heterocycles. The molecule has 2 heterocycles. The SMILES string of the molecule is C=C(C)[C@@H]1CC[C@]2(C(=O)O[C@@H]3O[C@H](COC(=O)c4ccccc4)[C@@H](OC(=O)c4ccccc4)[C@H](OC(=O)c4ccccc4)[C@H]3OC(=O)c3ccccc3)CC[C@]3(C)[C@H](CC[C@@H]4[C@@]5(C)CC[C@H](O[C@@H]6O[C@@H](C)[C@H](OC(=O)c7ccccc7)[C@@H](OC(=O)c7ccccc7)[C@H]6OC(=O)c6ccccc6)C(C)(C)[C@@H]5CC[C@]43C)[C@@H]12. The molecule has 0 spiro atoms. The minimum atomic E-state index is -1.84. The molecule has 0 bridgehead atoms. The van der Waals surface area contributed by atoms with Gasteiger partial charge in [-0.05, 0) is 214 Å². The number of hydrogen-bond acceptors (Lipinski definition) is 19. The Balaban J connectivity index is 0.760. The Morgan fingerprint density at radius 1 is 0.391 bits per heavy atom. The first-order chi connectivity index (χ1) is 52.9. The molecule has 19 nitrogen and oxygen atoms in total. The van der Waals surface area contributed by atoms with Crippen LogP contribution in [0.4, 0.5) is 0 Å². The largest absolute Gasteiger partial charge is 0.459 e. The van der Waals surface area contributed by atoms with E-state index in [4.69, 9.17) is 52.1 Å². The maximum atomic E-state index is 16.5. The van der Waals surface area contributed by atoms with Crippen LogP contribution in [-0.4, -0.2) is 122 Å². The number of ether oxygens (including phenoxy) is 11. The van der Waals surface area contributed by atoms with Gasteiger partial charge < -0.3 is 52.1 Å². The zero-order valence-corrected chi connectivity index (χ0v) is 63.2. The van der Waals surface area contributed by atoms with Gasteiger partial charge in [0, 0.05) is 0 Å². The topological polar surface area (TPSA) is 238 Å². The molecule has 14 rings (SSSR count). The average molecular weight is 1490 g/mol. The van der Waals surface area contributed by atoms with E-state index < -0.39 is 133 Å². The Kier molecular flexibility index (Phi) is 22.1. The number of esters is 8. The molecule has 0 radical (unpaired) electrons. The van der Waals surface area contributed by atoms with Crippen LogP contribution in [0, 0.1) is 56.7 Å². The van der Waals surface area contributed by atoms with Gasteiger partial charge in [-0.25, -0.2) is 33.6 Å². The summed E-state index contributed by atoms with van der Waals surface area (Å²) < 4.78 is 72.3. The molecule has 2 saturated heterocycles. The van der Waals surface area contributed by atoms with Crippen molar-refractivity contribution in [3.63, 3.8) is 0 Å². The van der Waals surface area contributed by atoms with Crippen LogP contribution < -0.4 is 0 Å². The van der Waals surface area contributed by atoms with E-state index >= 15 is 4.79 Å². The van der Waals surface area contributed by atoms with Crippen LogP contribution in [0.3, 0.4) is 0 Å². The highest BCUT2D eigenvalue weighted by atomic mass is 16.8. The second kappa shape index (κ2) is 31.7. The zero-order valence-electron chi connectivity index (χ0n) is 63.2. The van der Waals surface area contributed by atoms with Crippen molar-refractivity contribution < 1.29 is 90.5 Å². The summed E-state index contributed by atoms with van der Waals surface area (Å²) in [5, 5.41) is 0. The summed E-state index contributed by atoms with van der Waals surface area (Å²) in [5.41, 5.74) is -0.189. The molecule has 7 aromatic rings. The van der Waals surface area contributed by atoms with Crippen LogP contribution in [0.25, 0.3) is 0 Å². The predicted molar refractivity (Wildman–Crippen MR) is 404 cm³/mol. The van der Waals surface area contributed by atoms with E-state index in [2.05, 4.69) is 41.2 Å². The van der Waals surface area contributed by atoms with E-state index in [1.165, 1.54) is 0 Å². The van der Waals surface area contributed by atoms with Gasteiger partial charge in [0.15, 0.2) is 36.8 Å². The number of benzene rings is 7. The molecule has 7 fully saturated rings. The minimum absolute atomic E-state index is 0.00624. The minimum Gasteiger partial charge on any atom is -0.459 e. The van der Waals surface area contributed by atoms with E-state index in [1.54, 1.807) is 219 Å². The summed E-state index contributed by atoms with van der Waals surface area (Å²) >= 11 is 0. The van der Waals surface area contributed by atoms with Crippen molar-refractivity contribution in [2.45, 2.75) is 180 Å². The molecule has 5 aliphatic carbocycles. The van der Waals surface area contributed by atoms with E-state index in [0.29, 0.717) is 32.1 Å². The third-order valence-electron chi connectivity index (χ3n) is 26.2. The first kappa shape index (κ1) is 76.7. The van der Waals surface area contributed by atoms with Crippen molar-refractivity contribution in [3.8, 4) is 0 Å². The molecule has 19 heteroatoms. The molecular formula is C91H96O19. The number of fused-ring (bicyclic) bond motifs is 7. The summed E-state index contributed by atoms with van der Waals surface area (Å²) in [5.74, 6) is -6.12. The second-order valence-corrected chi connectivity index (χ2v) is 32.4. The third-order valence-corrected chi connectivity index (χ3v) is 26.2. The lowest BCUT2D eigenvalue weighted by Crippen LogP contribution is -2.68. The Morgan fingerprint density at radius 3 is 1.24 bits per heavy atom. The van der Waals surface area contributed by atoms with Crippen molar-refractivity contribution in [2.75, 3.05) is 6.61 Å². The van der Waals surface area contributed by atoms with Crippen molar-refractivity contribution in [3.05, 3.63) is 263 Å². The summed E-state index contributed by atoms with van der Waals surface area (Å²) in [6, 6.07) is 58.0. The fraction of sp³-hybridized carbons (Fsp3) is 0.429. The number of carbonyl (C=O) groups excluding carboxylic acids is 8. The first-order valence-corrected chi connectivity index (χ1v) is 38.5. The Bertz CT molecular complexity index is 4490. The monoisotopic (exact) mass is 1490 g/mol. The highest BCUT2D eigenvalue weighted by molar-refractivity contribution is 5.93. The third kappa shape index (κ3) is 14.7. The normalized spacial score (nSPS) is 32.5. The van der Waals surface area contributed by atoms with Gasteiger partial charge in [-0.1, -0.05) is 174 Å². The Hall–Kier alpha value is -10.1. The second-order valence-electron chi connectivity index (χ2n) is 32.4. The smallest absolute Gasteiger partial charge is 0.338 e. The average Bonchev–Trinajstić information content (AvgIpc) is 0.950. The van der Waals surface area contributed by atoms with E-state index in [0.717, 1.165) is 37.7 Å². The van der Waals surface area contributed by atoms with E-state index in [-0.39, 0.29) is 84.8 Å². The van der Waals surface area contributed by atoms with Crippen molar-refractivity contribution >= 4 is 47.8 Å². The van der Waals surface area contributed by atoms with Gasteiger partial charge in [-0.15, -0.1) is 0 Å². The maximum absolute atomic E-state index is 16.5. The number of hydrogen-bond donors (Lipinski definition) is 0. The molecule has 0 amide bonds. The molecular weight excluding hydrogens is 1400 g/mol. The molecule has 20 atom stereocenters. The molecule has 7 aliphatic rings. The maximum Gasteiger partial charge on any atom is 0.338 e. The molecule has 0 aromatic heterocycles. The molecule has 574 valence electrons. The van der Waals surface area contributed by atoms with Crippen LogP contribution >= 0.6 is 0 Å². The number of rotatable bonds is 20. The molecule has 5 saturated carbocycles. The number of allylic oxidation sites excluding steroid dienone is 1. The molecule has 110 heavy (non-hydrogen) atoms. The fourth-order valence-corrected chi connectivity index (χ4v) is 20.5. The van der Waals surface area contributed by atoms with Gasteiger partial charge >= 0.3 is 47.8 Å². The summed E-state index contributed by atoms with van der Waals surface area (Å²) in [6.45, 7) is 19.7. The molecule has 0 N–H and O–H groups in total. The number of carbonyl (C=O) groups is 8. The van der Waals surface area contributed by atoms with Gasteiger partial charge in [0.05, 0.1) is 56.6 Å². The Labute approximate surface area is 641 Å². The van der Waals surface area contributed by atoms with Gasteiger partial charge in [0.2, 0.25) is 12.4 Å². The van der Waals surface area contributed by atoms with Gasteiger partial charge in [0.1, 0.15) is 12.7 Å². The van der Waals surface area contributed by atoms with Crippen LogP contribution in [0.1, 0.15) is 185 Å². The van der Waals surface area contributed by atoms with Gasteiger partial charge in [0.25, 0.3) is 0 Å². The van der Waals surface area contributed by atoms with E-state index in [9.17, 15) is 33.6 Å². The lowest BCUT2D eigenvalue weighted by Gasteiger charge is -2.73. The van der Waals surface area contributed by atoms with Crippen molar-refractivity contribution in [2.24, 2.45) is 56.7 Å². The van der Waals surface area contributed by atoms with Crippen molar-refractivity contribution in [1.82, 2.24) is 0 Å². The van der Waals surface area contributed by atoms with Crippen molar-refractivity contribution in [1.29, 1.82) is 0 Å². The lowest BCUT2D eigenvalue weighted by atomic mass is 9.32. The van der Waals surface area contributed by atoms with Gasteiger partial charge in [-0.2, -0.15) is 0 Å². The van der Waals surface area contributed by atoms with Crippen LogP contribution in [-0.2, 0) is 56.9 Å². The van der Waals surface area contributed by atoms with Crippen LogP contribution in [0.2, 0.25) is 0 Å². The summed E-state index contributed by atoms with van der Waals surface area (Å²) in [4.78, 5) is 117. The highest BCUT2D eigenvalue weighted by Crippen LogP contribution is 2.78. The first-order valence-electron chi connectivity index (χ1n) is 38.5. The quantitative estimate of drug-likeness (QED) is 0.0298. The standard InChI is InChI=1S/C91H96O19/c1-55(2)64-46-51-91(86(99)110-85-76(109-83(98)63-42-28-15-29-43-63)74(107-81(96)61-38-24-13-25-39-61)72(105-79(94)59-34-20-11-21-35-59)66(102-85)54-100-77(92)57-30-16-9-17-31-57)53-52-89(7)65(70(64)91)44-45-68-88(6)49-48-69(87(4,5)67(88)47-50-90(68,89)8)103-84-75(108-82(97)62-40-26-14-27-41-62)73(106-80(95)60-36-22-12-23-37-60)71(56(3)101-84)104-78(93)58-32-18-10-19-33-58/h9-43,56,64-76,84-85H,1,44-54H2,2-8H3/t56-,64-,65+,66+,67-,68+,69-,70+,71-,72+,73+,74-,75+,76+,84-,85-,88-,89+,90+,91-/m0/s1. The predicted octanol–water partition coefficient (Wildman–Crippen LogP) is 16.3. The zero-order chi connectivity index (χ0) is 77.3. The van der Waals surface area contributed by atoms with Crippen LogP contribution in [0.15, 0.2) is 224 Å². The Morgan fingerprint density at radius 2 is 0.791 bits per heavy atom. The lowest BCUT2D eigenvalue weighted by molar-refractivity contribution is -0.324. The molecule has 7 aromatic carbocycles. The summed E-state index contributed by atoms with van der Waals surface area (Å²) in [6.07, 6.45) is -8.34. The fourth-order valence-electron chi connectivity index (χ4n) is 20.5. The molecule has 0 unspecified atom stereocenters.